The first-order valence-corrected chi connectivity index (χ1v) is 7.24. The smallest absolute Gasteiger partial charge is 0.326 e. The van der Waals surface area contributed by atoms with Gasteiger partial charge in [0.15, 0.2) is 0 Å². The van der Waals surface area contributed by atoms with Crippen molar-refractivity contribution in [3.8, 4) is 0 Å². The zero-order chi connectivity index (χ0) is 14.4. The van der Waals surface area contributed by atoms with Gasteiger partial charge in [0.05, 0.1) is 0 Å². The molecule has 5 nitrogen and oxygen atoms in total. The lowest BCUT2D eigenvalue weighted by Crippen LogP contribution is -2.50. The fourth-order valence-corrected chi connectivity index (χ4v) is 2.56. The zero-order valence-electron chi connectivity index (χ0n) is 12.2. The fraction of sp³-hybridized carbons (Fsp3) is 0.857. The second-order valence-electron chi connectivity index (χ2n) is 5.70. The number of piperidine rings is 1. The molecule has 1 aliphatic rings. The highest BCUT2D eigenvalue weighted by Crippen LogP contribution is 2.24. The van der Waals surface area contributed by atoms with Crippen LogP contribution in [0.4, 0.5) is 4.79 Å². The minimum Gasteiger partial charge on any atom is -0.480 e. The number of carboxylic acids is 1. The summed E-state index contributed by atoms with van der Waals surface area (Å²) < 4.78 is 0. The Morgan fingerprint density at radius 1 is 1.32 bits per heavy atom. The summed E-state index contributed by atoms with van der Waals surface area (Å²) in [5.74, 6) is 0.374. The van der Waals surface area contributed by atoms with Crippen molar-refractivity contribution in [3.05, 3.63) is 0 Å². The predicted molar refractivity (Wildman–Crippen MR) is 74.0 cm³/mol. The van der Waals surface area contributed by atoms with Crippen LogP contribution in [0.5, 0.6) is 0 Å². The van der Waals surface area contributed by atoms with Crippen LogP contribution in [0.3, 0.4) is 0 Å². The van der Waals surface area contributed by atoms with Gasteiger partial charge in [0.1, 0.15) is 6.04 Å². The average molecular weight is 270 g/mol. The molecule has 2 amide bonds. The molecule has 1 fully saturated rings. The molecule has 1 saturated heterocycles. The minimum absolute atomic E-state index is 0.233. The molecular formula is C14H26N2O3. The summed E-state index contributed by atoms with van der Waals surface area (Å²) in [4.78, 5) is 24.8. The number of hydrogen-bond donors (Lipinski definition) is 2. The number of carbonyl (C=O) groups excluding carboxylic acids is 1. The number of nitrogens with zero attached hydrogens (tertiary/aromatic N) is 1. The van der Waals surface area contributed by atoms with E-state index in [4.69, 9.17) is 5.11 Å². The number of amides is 2. The van der Waals surface area contributed by atoms with Crippen LogP contribution in [0, 0.1) is 11.8 Å². The Labute approximate surface area is 115 Å². The summed E-state index contributed by atoms with van der Waals surface area (Å²) in [6.45, 7) is 7.79. The molecule has 19 heavy (non-hydrogen) atoms. The van der Waals surface area contributed by atoms with Gasteiger partial charge in [0.2, 0.25) is 0 Å². The van der Waals surface area contributed by atoms with Gasteiger partial charge in [0, 0.05) is 13.1 Å². The Hall–Kier alpha value is -1.26. The molecule has 0 unspecified atom stereocenters. The van der Waals surface area contributed by atoms with Crippen LogP contribution in [0.1, 0.15) is 46.5 Å². The normalized spacial score (nSPS) is 18.4. The molecule has 110 valence electrons. The van der Waals surface area contributed by atoms with E-state index in [0.29, 0.717) is 18.3 Å². The Bertz CT molecular complexity index is 310. The summed E-state index contributed by atoms with van der Waals surface area (Å²) in [5, 5.41) is 11.7. The van der Waals surface area contributed by atoms with Crippen LogP contribution in [-0.2, 0) is 4.79 Å². The van der Waals surface area contributed by atoms with Gasteiger partial charge in [-0.05, 0) is 31.1 Å². The van der Waals surface area contributed by atoms with Crippen LogP contribution < -0.4 is 5.32 Å². The molecule has 1 aliphatic heterocycles. The number of likely N-dealkylation sites (tertiary alicyclic amines) is 1. The third-order valence-electron chi connectivity index (χ3n) is 3.94. The third-order valence-corrected chi connectivity index (χ3v) is 3.94. The van der Waals surface area contributed by atoms with Crippen LogP contribution in [0.15, 0.2) is 0 Å². The quantitative estimate of drug-likeness (QED) is 0.805. The molecular weight excluding hydrogens is 244 g/mol. The predicted octanol–water partition coefficient (Wildman–Crippen LogP) is 2.32. The number of carboxylic acid groups (broad SMARTS) is 1. The molecule has 0 bridgehead atoms. The lowest BCUT2D eigenvalue weighted by atomic mass is 9.87. The van der Waals surface area contributed by atoms with Gasteiger partial charge in [-0.25, -0.2) is 9.59 Å². The van der Waals surface area contributed by atoms with Gasteiger partial charge >= 0.3 is 12.0 Å². The van der Waals surface area contributed by atoms with Crippen LogP contribution in [0.25, 0.3) is 0 Å². The zero-order valence-corrected chi connectivity index (χ0v) is 12.2. The van der Waals surface area contributed by atoms with Crippen molar-refractivity contribution in [2.24, 2.45) is 11.8 Å². The first kappa shape index (κ1) is 15.8. The largest absolute Gasteiger partial charge is 0.480 e. The van der Waals surface area contributed by atoms with Crippen LogP contribution >= 0.6 is 0 Å². The Morgan fingerprint density at radius 3 is 2.32 bits per heavy atom. The number of carbonyl (C=O) groups is 2. The van der Waals surface area contributed by atoms with E-state index < -0.39 is 12.0 Å². The van der Waals surface area contributed by atoms with E-state index in [9.17, 15) is 9.59 Å². The molecule has 2 N–H and O–H groups in total. The van der Waals surface area contributed by atoms with Crippen LogP contribution in [-0.4, -0.2) is 41.1 Å². The summed E-state index contributed by atoms with van der Waals surface area (Å²) >= 11 is 0. The molecule has 0 radical (unpaired) electrons. The van der Waals surface area contributed by atoms with Gasteiger partial charge in [-0.2, -0.15) is 0 Å². The number of rotatable bonds is 5. The SMILES string of the molecule is CCC[C@@H](NC(=O)N1CCC(C(C)C)CC1)C(=O)O. The topological polar surface area (TPSA) is 69.6 Å². The number of urea groups is 1. The van der Waals surface area contributed by atoms with Crippen molar-refractivity contribution in [2.45, 2.75) is 52.5 Å². The van der Waals surface area contributed by atoms with Gasteiger partial charge in [-0.15, -0.1) is 0 Å². The second-order valence-corrected chi connectivity index (χ2v) is 5.70. The van der Waals surface area contributed by atoms with Gasteiger partial charge in [-0.3, -0.25) is 0 Å². The third kappa shape index (κ3) is 4.73. The number of hydrogen-bond acceptors (Lipinski definition) is 2. The second kappa shape index (κ2) is 7.36. The number of nitrogens with one attached hydrogen (secondary N) is 1. The monoisotopic (exact) mass is 270 g/mol. The molecule has 1 atom stereocenters. The highest BCUT2D eigenvalue weighted by atomic mass is 16.4. The lowest BCUT2D eigenvalue weighted by Gasteiger charge is -2.34. The summed E-state index contributed by atoms with van der Waals surface area (Å²) in [7, 11) is 0. The first-order chi connectivity index (χ1) is 8.95. The maximum absolute atomic E-state index is 12.0. The Kier molecular flexibility index (Phi) is 6.12. The first-order valence-electron chi connectivity index (χ1n) is 7.24. The molecule has 1 rings (SSSR count). The van der Waals surface area contributed by atoms with E-state index in [0.717, 1.165) is 32.4 Å². The fourth-order valence-electron chi connectivity index (χ4n) is 2.56. The van der Waals surface area contributed by atoms with E-state index >= 15 is 0 Å². The maximum Gasteiger partial charge on any atom is 0.326 e. The maximum atomic E-state index is 12.0. The van der Waals surface area contributed by atoms with Crippen molar-refractivity contribution in [1.82, 2.24) is 10.2 Å². The standard InChI is InChI=1S/C14H26N2O3/c1-4-5-12(13(17)18)15-14(19)16-8-6-11(7-9-16)10(2)3/h10-12H,4-9H2,1-3H3,(H,15,19)(H,17,18)/t12-/m1/s1. The van der Waals surface area contributed by atoms with Crippen molar-refractivity contribution in [3.63, 3.8) is 0 Å². The van der Waals surface area contributed by atoms with Crippen molar-refractivity contribution < 1.29 is 14.7 Å². The highest BCUT2D eigenvalue weighted by Gasteiger charge is 2.27. The van der Waals surface area contributed by atoms with E-state index in [1.807, 2.05) is 6.92 Å². The van der Waals surface area contributed by atoms with Gasteiger partial charge < -0.3 is 15.3 Å². The Balaban J connectivity index is 2.44. The molecule has 0 spiro atoms. The van der Waals surface area contributed by atoms with E-state index in [-0.39, 0.29) is 6.03 Å². The van der Waals surface area contributed by atoms with Crippen molar-refractivity contribution in [1.29, 1.82) is 0 Å². The highest BCUT2D eigenvalue weighted by molar-refractivity contribution is 5.82. The molecule has 1 heterocycles. The molecule has 0 saturated carbocycles. The molecule has 0 aromatic rings. The van der Waals surface area contributed by atoms with E-state index in [1.54, 1.807) is 4.90 Å². The molecule has 0 aromatic carbocycles. The van der Waals surface area contributed by atoms with E-state index in [1.165, 1.54) is 0 Å². The lowest BCUT2D eigenvalue weighted by molar-refractivity contribution is -0.139. The van der Waals surface area contributed by atoms with Gasteiger partial charge in [-0.1, -0.05) is 27.2 Å². The van der Waals surface area contributed by atoms with Crippen molar-refractivity contribution >= 4 is 12.0 Å². The molecule has 0 aromatic heterocycles. The summed E-state index contributed by atoms with van der Waals surface area (Å²) in [6.07, 6.45) is 3.24. The Morgan fingerprint density at radius 2 is 1.89 bits per heavy atom. The minimum atomic E-state index is -0.952. The summed E-state index contributed by atoms with van der Waals surface area (Å²) in [5.41, 5.74) is 0. The summed E-state index contributed by atoms with van der Waals surface area (Å²) in [6, 6.07) is -0.997. The molecule has 5 heteroatoms. The molecule has 0 aliphatic carbocycles. The number of aliphatic carboxylic acids is 1. The van der Waals surface area contributed by atoms with Crippen molar-refractivity contribution in [2.75, 3.05) is 13.1 Å². The van der Waals surface area contributed by atoms with E-state index in [2.05, 4.69) is 19.2 Å². The average Bonchev–Trinajstić information content (AvgIpc) is 2.38. The van der Waals surface area contributed by atoms with Gasteiger partial charge in [0.25, 0.3) is 0 Å². The van der Waals surface area contributed by atoms with Crippen LogP contribution in [0.2, 0.25) is 0 Å².